The number of aliphatic hydroxyl groups is 1. The first-order valence-corrected chi connectivity index (χ1v) is 14.7. The Hall–Kier alpha value is -3.51. The molecule has 1 unspecified atom stereocenters. The number of ether oxygens (including phenoxy) is 1. The van der Waals surface area contributed by atoms with E-state index in [1.807, 2.05) is 36.6 Å². The molecule has 1 aliphatic heterocycles. The van der Waals surface area contributed by atoms with Crippen molar-refractivity contribution in [3.63, 3.8) is 0 Å². The number of hydrogen-bond donors (Lipinski definition) is 3. The van der Waals surface area contributed by atoms with Crippen molar-refractivity contribution in [3.8, 4) is 23.7 Å². The van der Waals surface area contributed by atoms with Gasteiger partial charge in [-0.1, -0.05) is 12.0 Å². The zero-order chi connectivity index (χ0) is 29.4. The van der Waals surface area contributed by atoms with Gasteiger partial charge in [-0.25, -0.2) is 0 Å². The van der Waals surface area contributed by atoms with Crippen LogP contribution in [-0.2, 0) is 6.54 Å². The van der Waals surface area contributed by atoms with Gasteiger partial charge in [0.05, 0.1) is 29.5 Å². The van der Waals surface area contributed by atoms with Gasteiger partial charge < -0.3 is 29.9 Å². The monoisotopic (exact) mass is 585 g/mol. The Balaban J connectivity index is 1.54. The number of nitriles is 1. The van der Waals surface area contributed by atoms with E-state index in [-0.39, 0.29) is 31.0 Å². The molecule has 2 heterocycles. The number of nitrogens with zero attached hydrogens (tertiary/aromatic N) is 3. The van der Waals surface area contributed by atoms with E-state index in [1.54, 1.807) is 36.9 Å². The lowest BCUT2D eigenvalue weighted by atomic mass is 10.0. The predicted octanol–water partition coefficient (Wildman–Crippen LogP) is 5.55. The van der Waals surface area contributed by atoms with E-state index in [2.05, 4.69) is 27.4 Å². The van der Waals surface area contributed by atoms with Crippen LogP contribution in [-0.4, -0.2) is 71.9 Å². The van der Waals surface area contributed by atoms with Gasteiger partial charge in [0.1, 0.15) is 18.4 Å². The van der Waals surface area contributed by atoms with E-state index in [1.165, 1.54) is 4.57 Å². The zero-order valence-corrected chi connectivity index (χ0v) is 23.9. The molecule has 4 rings (SSSR count). The van der Waals surface area contributed by atoms with Gasteiger partial charge in [-0.3, -0.25) is 0 Å². The van der Waals surface area contributed by atoms with Crippen molar-refractivity contribution in [2.45, 2.75) is 49.5 Å². The number of likely N-dealkylation sites (tertiary alicyclic amines) is 1. The van der Waals surface area contributed by atoms with Crippen LogP contribution in [0.15, 0.2) is 47.4 Å². The molecule has 7 nitrogen and oxygen atoms in total. The second kappa shape index (κ2) is 13.9. The number of fused-ring (bicyclic) bond motifs is 1. The van der Waals surface area contributed by atoms with Crippen LogP contribution in [0.1, 0.15) is 25.5 Å². The minimum absolute atomic E-state index is 0.104. The normalized spacial score (nSPS) is 15.1. The molecule has 1 aliphatic rings. The molecule has 1 atom stereocenters. The summed E-state index contributed by atoms with van der Waals surface area (Å²) in [5, 5.41) is 25.9. The highest BCUT2D eigenvalue weighted by molar-refractivity contribution is 7.98. The van der Waals surface area contributed by atoms with Gasteiger partial charge in [0.2, 0.25) is 0 Å². The molecule has 11 heteroatoms. The van der Waals surface area contributed by atoms with E-state index >= 15 is 0 Å². The first-order valence-electron chi connectivity index (χ1n) is 13.4. The fourth-order valence-corrected chi connectivity index (χ4v) is 5.43. The first-order chi connectivity index (χ1) is 19.7. The number of anilines is 2. The Morgan fingerprint density at radius 2 is 1.95 bits per heavy atom. The summed E-state index contributed by atoms with van der Waals surface area (Å²) in [5.41, 5.74) is 2.18. The van der Waals surface area contributed by atoms with Crippen LogP contribution in [0.2, 0.25) is 0 Å². The van der Waals surface area contributed by atoms with E-state index in [4.69, 9.17) is 10.00 Å². The molecule has 0 bridgehead atoms. The number of β-amino-alcohol motifs (C(OH)–C–C–N with tert-alkyl or cyclic N) is 1. The molecule has 2 aromatic carbocycles. The Kier molecular flexibility index (Phi) is 10.3. The van der Waals surface area contributed by atoms with Crippen molar-refractivity contribution in [3.05, 3.63) is 48.2 Å². The average molecular weight is 586 g/mol. The Morgan fingerprint density at radius 1 is 1.17 bits per heavy atom. The number of aliphatic hydroxyl groups excluding tert-OH is 1. The summed E-state index contributed by atoms with van der Waals surface area (Å²) in [6.45, 7) is 3.03. The third-order valence-electron chi connectivity index (χ3n) is 6.82. The Bertz CT molecular complexity index is 1430. The van der Waals surface area contributed by atoms with Crippen LogP contribution in [0.3, 0.4) is 0 Å². The molecule has 3 aromatic rings. The predicted molar refractivity (Wildman–Crippen MR) is 157 cm³/mol. The maximum atomic E-state index is 13.6. The number of piperidine rings is 1. The third kappa shape index (κ3) is 8.49. The third-order valence-corrected chi connectivity index (χ3v) is 7.54. The van der Waals surface area contributed by atoms with Crippen molar-refractivity contribution in [1.29, 1.82) is 5.26 Å². The molecule has 1 aromatic heterocycles. The first kappa shape index (κ1) is 30.4. The molecule has 0 saturated carbocycles. The largest absolute Gasteiger partial charge is 0.477 e. The van der Waals surface area contributed by atoms with Gasteiger partial charge in [-0.05, 0) is 68.3 Å². The Labute approximate surface area is 242 Å². The number of hydrogen-bond acceptors (Lipinski definition) is 7. The lowest BCUT2D eigenvalue weighted by Gasteiger charge is -2.33. The highest BCUT2D eigenvalue weighted by atomic mass is 32.2. The van der Waals surface area contributed by atoms with Crippen LogP contribution in [0, 0.1) is 23.2 Å². The number of aromatic nitrogens is 1. The molecule has 218 valence electrons. The van der Waals surface area contributed by atoms with Gasteiger partial charge in [0.25, 0.3) is 0 Å². The van der Waals surface area contributed by atoms with Crippen LogP contribution in [0.4, 0.5) is 24.5 Å². The number of nitrogens with one attached hydrogen (secondary N) is 2. The summed E-state index contributed by atoms with van der Waals surface area (Å²) in [5.74, 6) is 6.39. The number of rotatable bonds is 10. The SMILES string of the molecule is CSc1ccc(NCC#Cc2cc3c(NC4CCN(CC(C)O)CC4)cccc3n2CC(F)(F)F)c(OCC#N)c1. The van der Waals surface area contributed by atoms with E-state index in [0.29, 0.717) is 28.9 Å². The maximum absolute atomic E-state index is 13.6. The second-order valence-corrected chi connectivity index (χ2v) is 10.9. The highest BCUT2D eigenvalue weighted by Gasteiger charge is 2.30. The minimum Gasteiger partial charge on any atom is -0.477 e. The van der Waals surface area contributed by atoms with E-state index in [0.717, 1.165) is 36.5 Å². The number of thioether (sulfide) groups is 1. The quantitative estimate of drug-likeness (QED) is 0.213. The molecule has 0 amide bonds. The summed E-state index contributed by atoms with van der Waals surface area (Å²) in [6.07, 6.45) is -1.10. The fraction of sp³-hybridized carbons (Fsp3) is 0.433. The Morgan fingerprint density at radius 3 is 2.63 bits per heavy atom. The van der Waals surface area contributed by atoms with Crippen molar-refractivity contribution in [1.82, 2.24) is 9.47 Å². The summed E-state index contributed by atoms with van der Waals surface area (Å²) >= 11 is 1.54. The number of benzene rings is 2. The van der Waals surface area contributed by atoms with Crippen LogP contribution in [0.5, 0.6) is 5.75 Å². The molecule has 0 spiro atoms. The molecule has 3 N–H and O–H groups in total. The van der Waals surface area contributed by atoms with Crippen molar-refractivity contribution >= 4 is 34.0 Å². The zero-order valence-electron chi connectivity index (χ0n) is 23.1. The number of halogens is 3. The smallest absolute Gasteiger partial charge is 0.406 e. The fourth-order valence-electron chi connectivity index (χ4n) is 5.00. The van der Waals surface area contributed by atoms with Crippen LogP contribution < -0.4 is 15.4 Å². The highest BCUT2D eigenvalue weighted by Crippen LogP contribution is 2.32. The summed E-state index contributed by atoms with van der Waals surface area (Å²) in [7, 11) is 0. The van der Waals surface area contributed by atoms with Gasteiger partial charge >= 0.3 is 6.18 Å². The second-order valence-electron chi connectivity index (χ2n) is 10.0. The van der Waals surface area contributed by atoms with Crippen molar-refractivity contribution < 1.29 is 23.0 Å². The van der Waals surface area contributed by atoms with Gasteiger partial charge in [0.15, 0.2) is 6.61 Å². The van der Waals surface area contributed by atoms with Gasteiger partial charge in [-0.15, -0.1) is 11.8 Å². The average Bonchev–Trinajstić information content (AvgIpc) is 3.27. The van der Waals surface area contributed by atoms with Crippen LogP contribution in [0.25, 0.3) is 10.9 Å². The molecule has 0 radical (unpaired) electrons. The summed E-state index contributed by atoms with van der Waals surface area (Å²) < 4.78 is 47.5. The summed E-state index contributed by atoms with van der Waals surface area (Å²) in [4.78, 5) is 3.20. The lowest BCUT2D eigenvalue weighted by Crippen LogP contribution is -2.41. The topological polar surface area (TPSA) is 85.5 Å². The van der Waals surface area contributed by atoms with Crippen LogP contribution >= 0.6 is 11.8 Å². The van der Waals surface area contributed by atoms with Crippen molar-refractivity contribution in [2.75, 3.05) is 49.7 Å². The van der Waals surface area contributed by atoms with Crippen molar-refractivity contribution in [2.24, 2.45) is 0 Å². The molecular weight excluding hydrogens is 551 g/mol. The molecule has 41 heavy (non-hydrogen) atoms. The van der Waals surface area contributed by atoms with E-state index < -0.39 is 12.7 Å². The lowest BCUT2D eigenvalue weighted by molar-refractivity contribution is -0.140. The molecule has 0 aliphatic carbocycles. The molecular formula is C30H34F3N5O2S. The van der Waals surface area contributed by atoms with E-state index in [9.17, 15) is 18.3 Å². The maximum Gasteiger partial charge on any atom is 0.406 e. The number of alkyl halides is 3. The van der Waals surface area contributed by atoms with Gasteiger partial charge in [-0.2, -0.15) is 18.4 Å². The molecule has 1 fully saturated rings. The summed E-state index contributed by atoms with van der Waals surface area (Å²) in [6, 6.07) is 14.8. The molecule has 1 saturated heterocycles. The standard InChI is InChI=1S/C30H34F3N5O2S/c1-21(39)19-37-14-10-22(11-15-37)36-26-6-3-7-28-25(26)17-23(38(28)20-30(31,32)33)5-4-13-35-27-9-8-24(41-2)18-29(27)40-16-12-34/h3,6-9,17-18,21-22,35-36,39H,10-11,13-16,19-20H2,1-2H3. The minimum atomic E-state index is -4.41. The van der Waals surface area contributed by atoms with Gasteiger partial charge in [0, 0.05) is 41.6 Å².